The second-order valence-electron chi connectivity index (χ2n) is 3.98. The number of rotatable bonds is 4. The lowest BCUT2D eigenvalue weighted by Gasteiger charge is -2.21. The van der Waals surface area contributed by atoms with Crippen LogP contribution >= 0.6 is 0 Å². The van der Waals surface area contributed by atoms with E-state index >= 15 is 0 Å². The molecule has 9 heteroatoms. The van der Waals surface area contributed by atoms with Gasteiger partial charge in [-0.25, -0.2) is 8.78 Å². The number of hydrogen-bond donors (Lipinski definition) is 2. The number of benzene rings is 1. The molecule has 20 heavy (non-hydrogen) atoms. The van der Waals surface area contributed by atoms with Crippen LogP contribution in [-0.4, -0.2) is 31.1 Å². The molecule has 0 heterocycles. The van der Waals surface area contributed by atoms with Crippen molar-refractivity contribution in [2.24, 2.45) is 10.9 Å². The second kappa shape index (κ2) is 5.93. The molecule has 0 aliphatic heterocycles. The first-order valence-corrected chi connectivity index (χ1v) is 5.35. The molecule has 3 N–H and O–H groups in total. The number of oxime groups is 1. The first-order valence-electron chi connectivity index (χ1n) is 5.35. The van der Waals surface area contributed by atoms with Crippen molar-refractivity contribution in [3.8, 4) is 0 Å². The predicted octanol–water partition coefficient (Wildman–Crippen LogP) is 2.50. The van der Waals surface area contributed by atoms with Crippen LogP contribution in [0.15, 0.2) is 23.4 Å². The summed E-state index contributed by atoms with van der Waals surface area (Å²) in [6.45, 7) is -0.708. The molecule has 0 spiro atoms. The predicted molar refractivity (Wildman–Crippen MR) is 63.2 cm³/mol. The zero-order chi connectivity index (χ0) is 15.5. The van der Waals surface area contributed by atoms with E-state index in [1.807, 2.05) is 0 Å². The van der Waals surface area contributed by atoms with Gasteiger partial charge in [-0.15, -0.1) is 0 Å². The number of nitrogens with zero attached hydrogens (tertiary/aromatic N) is 2. The van der Waals surface area contributed by atoms with E-state index in [1.54, 1.807) is 0 Å². The normalized spacial score (nSPS) is 12.8. The average molecular weight is 297 g/mol. The van der Waals surface area contributed by atoms with E-state index in [0.29, 0.717) is 6.07 Å². The van der Waals surface area contributed by atoms with Crippen molar-refractivity contribution in [1.29, 1.82) is 0 Å². The zero-order valence-electron chi connectivity index (χ0n) is 10.3. The van der Waals surface area contributed by atoms with Crippen LogP contribution in [0.5, 0.6) is 0 Å². The van der Waals surface area contributed by atoms with Gasteiger partial charge in [-0.05, 0) is 18.2 Å². The molecular formula is C11H12F5N3O. The number of amidine groups is 1. The van der Waals surface area contributed by atoms with Crippen molar-refractivity contribution >= 4 is 11.5 Å². The molecule has 112 valence electrons. The minimum absolute atomic E-state index is 0.0490. The minimum atomic E-state index is -4.76. The van der Waals surface area contributed by atoms with Gasteiger partial charge in [-0.1, -0.05) is 5.16 Å². The van der Waals surface area contributed by atoms with E-state index in [0.717, 1.165) is 11.0 Å². The number of anilines is 1. The Bertz CT molecular complexity index is 501. The summed E-state index contributed by atoms with van der Waals surface area (Å²) in [5.74, 6) is -0.708. The highest BCUT2D eigenvalue weighted by Gasteiger charge is 2.35. The third kappa shape index (κ3) is 3.72. The minimum Gasteiger partial charge on any atom is -0.409 e. The Morgan fingerprint density at radius 1 is 1.40 bits per heavy atom. The van der Waals surface area contributed by atoms with Crippen molar-refractivity contribution < 1.29 is 27.2 Å². The molecule has 0 saturated carbocycles. The molecule has 0 aromatic heterocycles. The maximum Gasteiger partial charge on any atom is 0.417 e. The fourth-order valence-corrected chi connectivity index (χ4v) is 1.59. The van der Waals surface area contributed by atoms with Gasteiger partial charge in [0.1, 0.15) is 0 Å². The molecule has 0 aliphatic carbocycles. The number of nitrogens with two attached hydrogens (primary N) is 1. The summed E-state index contributed by atoms with van der Waals surface area (Å²) in [7, 11) is 1.24. The molecule has 0 unspecified atom stereocenters. The van der Waals surface area contributed by atoms with E-state index in [2.05, 4.69) is 5.16 Å². The molecule has 0 atom stereocenters. The lowest BCUT2D eigenvalue weighted by Crippen LogP contribution is -2.25. The lowest BCUT2D eigenvalue weighted by molar-refractivity contribution is -0.137. The van der Waals surface area contributed by atoms with Gasteiger partial charge in [0.2, 0.25) is 0 Å². The Morgan fingerprint density at radius 3 is 2.45 bits per heavy atom. The summed E-state index contributed by atoms with van der Waals surface area (Å²) < 4.78 is 63.1. The van der Waals surface area contributed by atoms with Crippen LogP contribution in [0, 0.1) is 0 Å². The van der Waals surface area contributed by atoms with Crippen LogP contribution < -0.4 is 10.6 Å². The monoisotopic (exact) mass is 297 g/mol. The SMILES string of the molecule is CN(CC(F)F)c1ccc(/C(N)=N/O)c(C(F)(F)F)c1. The first-order chi connectivity index (χ1) is 9.16. The van der Waals surface area contributed by atoms with Crippen molar-refractivity contribution in [3.63, 3.8) is 0 Å². The van der Waals surface area contributed by atoms with Crippen molar-refractivity contribution in [1.82, 2.24) is 0 Å². The van der Waals surface area contributed by atoms with E-state index in [1.165, 1.54) is 13.1 Å². The van der Waals surface area contributed by atoms with E-state index in [9.17, 15) is 22.0 Å². The average Bonchev–Trinajstić information content (AvgIpc) is 2.35. The van der Waals surface area contributed by atoms with Gasteiger partial charge in [0.25, 0.3) is 6.43 Å². The van der Waals surface area contributed by atoms with Crippen LogP contribution in [-0.2, 0) is 6.18 Å². The summed E-state index contributed by atoms with van der Waals surface area (Å²) in [5, 5.41) is 11.0. The van der Waals surface area contributed by atoms with Crippen LogP contribution in [0.1, 0.15) is 11.1 Å². The van der Waals surface area contributed by atoms with Gasteiger partial charge in [0.15, 0.2) is 5.84 Å². The molecule has 0 aliphatic rings. The molecular weight excluding hydrogens is 285 g/mol. The van der Waals surface area contributed by atoms with Crippen molar-refractivity contribution in [2.45, 2.75) is 12.6 Å². The topological polar surface area (TPSA) is 61.8 Å². The molecule has 0 fully saturated rings. The largest absolute Gasteiger partial charge is 0.417 e. The Hall–Kier alpha value is -2.06. The van der Waals surface area contributed by atoms with Gasteiger partial charge >= 0.3 is 6.18 Å². The van der Waals surface area contributed by atoms with Gasteiger partial charge in [0.05, 0.1) is 12.1 Å². The van der Waals surface area contributed by atoms with Crippen LogP contribution in [0.3, 0.4) is 0 Å². The van der Waals surface area contributed by atoms with Crippen LogP contribution in [0.4, 0.5) is 27.6 Å². The van der Waals surface area contributed by atoms with Crippen LogP contribution in [0.2, 0.25) is 0 Å². The third-order valence-electron chi connectivity index (χ3n) is 2.54. The molecule has 0 saturated heterocycles. The Kier molecular flexibility index (Phi) is 4.74. The van der Waals surface area contributed by atoms with E-state index < -0.39 is 36.1 Å². The van der Waals surface area contributed by atoms with Gasteiger partial charge in [-0.2, -0.15) is 13.2 Å². The molecule has 4 nitrogen and oxygen atoms in total. The van der Waals surface area contributed by atoms with E-state index in [4.69, 9.17) is 10.9 Å². The van der Waals surface area contributed by atoms with Gasteiger partial charge in [0, 0.05) is 18.3 Å². The Morgan fingerprint density at radius 2 is 2.00 bits per heavy atom. The zero-order valence-corrected chi connectivity index (χ0v) is 10.3. The summed E-state index contributed by atoms with van der Waals surface area (Å²) >= 11 is 0. The highest BCUT2D eigenvalue weighted by molar-refractivity contribution is 5.99. The van der Waals surface area contributed by atoms with Crippen molar-refractivity contribution in [3.05, 3.63) is 29.3 Å². The fourth-order valence-electron chi connectivity index (χ4n) is 1.59. The lowest BCUT2D eigenvalue weighted by atomic mass is 10.0. The molecule has 0 amide bonds. The summed E-state index contributed by atoms with van der Waals surface area (Å²) in [6, 6.07) is 2.83. The second-order valence-corrected chi connectivity index (χ2v) is 3.98. The summed E-state index contributed by atoms with van der Waals surface area (Å²) in [6.07, 6.45) is -7.44. The quantitative estimate of drug-likeness (QED) is 0.295. The number of halogens is 5. The number of alkyl halides is 5. The van der Waals surface area contributed by atoms with E-state index in [-0.39, 0.29) is 5.69 Å². The first kappa shape index (κ1) is 16.0. The third-order valence-corrected chi connectivity index (χ3v) is 2.54. The highest BCUT2D eigenvalue weighted by Crippen LogP contribution is 2.34. The Balaban J connectivity index is 3.28. The van der Waals surface area contributed by atoms with Crippen molar-refractivity contribution in [2.75, 3.05) is 18.5 Å². The fraction of sp³-hybridized carbons (Fsp3) is 0.364. The molecule has 1 aromatic rings. The standard InChI is InChI=1S/C11H12F5N3O/c1-19(5-9(12)13)6-2-3-7(10(17)18-20)8(4-6)11(14,15)16/h2-4,9,20H,5H2,1H3,(H2,17,18). The Labute approximate surface area is 111 Å². The van der Waals surface area contributed by atoms with Crippen LogP contribution in [0.25, 0.3) is 0 Å². The summed E-state index contributed by atoms with van der Waals surface area (Å²) in [4.78, 5) is 0.982. The van der Waals surface area contributed by atoms with Gasteiger partial charge < -0.3 is 15.8 Å². The molecule has 0 radical (unpaired) electrons. The summed E-state index contributed by atoms with van der Waals surface area (Å²) in [5.41, 5.74) is 3.44. The highest BCUT2D eigenvalue weighted by atomic mass is 19.4. The molecule has 1 aromatic carbocycles. The smallest absolute Gasteiger partial charge is 0.409 e. The number of hydrogen-bond acceptors (Lipinski definition) is 3. The maximum absolute atomic E-state index is 12.9. The van der Waals surface area contributed by atoms with Gasteiger partial charge in [-0.3, -0.25) is 0 Å². The molecule has 1 rings (SSSR count). The molecule has 0 bridgehead atoms. The maximum atomic E-state index is 12.9.